The molecule has 0 aliphatic carbocycles. The summed E-state index contributed by atoms with van der Waals surface area (Å²) in [6.45, 7) is 3.75. The molecule has 0 spiro atoms. The third-order valence-corrected chi connectivity index (χ3v) is 5.20. The molecule has 5 nitrogen and oxygen atoms in total. The second-order valence-corrected chi connectivity index (χ2v) is 7.56. The molecule has 32 heavy (non-hydrogen) atoms. The zero-order valence-electron chi connectivity index (χ0n) is 17.4. The van der Waals surface area contributed by atoms with Crippen molar-refractivity contribution in [1.82, 2.24) is 4.57 Å². The van der Waals surface area contributed by atoms with Crippen molar-refractivity contribution in [2.24, 2.45) is 0 Å². The van der Waals surface area contributed by atoms with Gasteiger partial charge >= 0.3 is 5.97 Å². The standard InChI is InChI=1S/C25H19ClFNO4/c1-3-31-25(30)20-14-28(23-13-21(26)22(27)12-19(23)24(20)29)16-6-10-18(11-7-16)32-17-8-4-15(2)5-9-17/h4-14H,3H2,1-2H3. The number of rotatable bonds is 5. The Morgan fingerprint density at radius 2 is 1.66 bits per heavy atom. The van der Waals surface area contributed by atoms with Gasteiger partial charge in [-0.05, 0) is 62.4 Å². The van der Waals surface area contributed by atoms with E-state index in [0.717, 1.165) is 11.6 Å². The summed E-state index contributed by atoms with van der Waals surface area (Å²) >= 11 is 5.98. The fourth-order valence-corrected chi connectivity index (χ4v) is 3.46. The van der Waals surface area contributed by atoms with Crippen molar-refractivity contribution in [3.05, 3.63) is 99.1 Å². The third kappa shape index (κ3) is 4.22. The lowest BCUT2D eigenvalue weighted by molar-refractivity contribution is 0.0524. The molecule has 0 fully saturated rings. The molecule has 0 radical (unpaired) electrons. The van der Waals surface area contributed by atoms with Gasteiger partial charge in [-0.1, -0.05) is 29.3 Å². The first-order valence-electron chi connectivity index (χ1n) is 9.94. The molecule has 0 bridgehead atoms. The minimum absolute atomic E-state index is 0.0254. The number of hydrogen-bond donors (Lipinski definition) is 0. The van der Waals surface area contributed by atoms with Gasteiger partial charge in [0.25, 0.3) is 0 Å². The minimum atomic E-state index is -0.775. The quantitative estimate of drug-likeness (QED) is 0.346. The number of carbonyl (C=O) groups excluding carboxylic acids is 1. The fourth-order valence-electron chi connectivity index (χ4n) is 3.30. The molecular formula is C25H19ClFNO4. The van der Waals surface area contributed by atoms with Gasteiger partial charge in [-0.3, -0.25) is 4.79 Å². The first kappa shape index (κ1) is 21.6. The van der Waals surface area contributed by atoms with Gasteiger partial charge in [0.05, 0.1) is 17.1 Å². The maximum Gasteiger partial charge on any atom is 0.343 e. The highest BCUT2D eigenvalue weighted by atomic mass is 35.5. The van der Waals surface area contributed by atoms with Crippen LogP contribution in [-0.2, 0) is 4.74 Å². The van der Waals surface area contributed by atoms with Crippen molar-refractivity contribution in [2.45, 2.75) is 13.8 Å². The number of fused-ring (bicyclic) bond motifs is 1. The number of pyridine rings is 1. The molecule has 0 aliphatic heterocycles. The summed E-state index contributed by atoms with van der Waals surface area (Å²) in [6.07, 6.45) is 1.38. The molecule has 0 aliphatic rings. The smallest absolute Gasteiger partial charge is 0.343 e. The lowest BCUT2D eigenvalue weighted by Crippen LogP contribution is -2.20. The lowest BCUT2D eigenvalue weighted by atomic mass is 10.1. The summed E-state index contributed by atoms with van der Waals surface area (Å²) in [5.74, 6) is -0.213. The Hall–Kier alpha value is -3.64. The highest BCUT2D eigenvalue weighted by Gasteiger charge is 2.19. The number of benzene rings is 3. The number of esters is 1. The van der Waals surface area contributed by atoms with E-state index in [1.165, 1.54) is 12.3 Å². The van der Waals surface area contributed by atoms with Crippen LogP contribution in [0.5, 0.6) is 11.5 Å². The lowest BCUT2D eigenvalue weighted by Gasteiger charge is -2.15. The van der Waals surface area contributed by atoms with E-state index in [1.54, 1.807) is 35.8 Å². The Labute approximate surface area is 188 Å². The normalized spacial score (nSPS) is 10.9. The molecule has 162 valence electrons. The van der Waals surface area contributed by atoms with Gasteiger partial charge in [-0.15, -0.1) is 0 Å². The van der Waals surface area contributed by atoms with Gasteiger partial charge in [-0.25, -0.2) is 9.18 Å². The summed E-state index contributed by atoms with van der Waals surface area (Å²) in [4.78, 5) is 25.2. The number of aromatic nitrogens is 1. The monoisotopic (exact) mass is 451 g/mol. The number of aryl methyl sites for hydroxylation is 1. The zero-order valence-corrected chi connectivity index (χ0v) is 18.2. The molecule has 0 atom stereocenters. The Kier molecular flexibility index (Phi) is 5.97. The first-order valence-corrected chi connectivity index (χ1v) is 10.3. The van der Waals surface area contributed by atoms with Crippen LogP contribution in [0, 0.1) is 12.7 Å². The van der Waals surface area contributed by atoms with E-state index in [2.05, 4.69) is 0 Å². The van der Waals surface area contributed by atoms with Crippen LogP contribution in [0.15, 0.2) is 71.7 Å². The molecule has 3 aromatic carbocycles. The average molecular weight is 452 g/mol. The maximum absolute atomic E-state index is 14.1. The van der Waals surface area contributed by atoms with Crippen LogP contribution in [0.1, 0.15) is 22.8 Å². The molecule has 1 heterocycles. The van der Waals surface area contributed by atoms with Gasteiger partial charge in [0, 0.05) is 17.3 Å². The van der Waals surface area contributed by atoms with E-state index < -0.39 is 17.2 Å². The number of nitrogens with zero attached hydrogens (tertiary/aromatic N) is 1. The maximum atomic E-state index is 14.1. The summed E-state index contributed by atoms with van der Waals surface area (Å²) in [7, 11) is 0. The predicted molar refractivity (Wildman–Crippen MR) is 122 cm³/mol. The molecule has 7 heteroatoms. The van der Waals surface area contributed by atoms with Crippen molar-refractivity contribution in [3.63, 3.8) is 0 Å². The third-order valence-electron chi connectivity index (χ3n) is 4.91. The molecule has 0 N–H and O–H groups in total. The van der Waals surface area contributed by atoms with Crippen LogP contribution in [0.25, 0.3) is 16.6 Å². The largest absolute Gasteiger partial charge is 0.462 e. The van der Waals surface area contributed by atoms with Crippen molar-refractivity contribution >= 4 is 28.5 Å². The number of hydrogen-bond acceptors (Lipinski definition) is 4. The molecular weight excluding hydrogens is 433 g/mol. The Bertz CT molecular complexity index is 1360. The SMILES string of the molecule is CCOC(=O)c1cn(-c2ccc(Oc3ccc(C)cc3)cc2)c2cc(Cl)c(F)cc2c1=O. The van der Waals surface area contributed by atoms with Crippen LogP contribution < -0.4 is 10.2 Å². The number of ether oxygens (including phenoxy) is 2. The topological polar surface area (TPSA) is 57.5 Å². The van der Waals surface area contributed by atoms with Crippen LogP contribution in [0.4, 0.5) is 4.39 Å². The molecule has 0 saturated heterocycles. The summed E-state index contributed by atoms with van der Waals surface area (Å²) in [5, 5.41) is -0.105. The minimum Gasteiger partial charge on any atom is -0.462 e. The Morgan fingerprint density at radius 3 is 2.28 bits per heavy atom. The molecule has 0 saturated carbocycles. The molecule has 4 aromatic rings. The summed E-state index contributed by atoms with van der Waals surface area (Å²) < 4.78 is 26.6. The number of halogens is 2. The van der Waals surface area contributed by atoms with Crippen LogP contribution in [0.3, 0.4) is 0 Å². The highest BCUT2D eigenvalue weighted by molar-refractivity contribution is 6.31. The number of carbonyl (C=O) groups is 1. The average Bonchev–Trinajstić information content (AvgIpc) is 2.78. The van der Waals surface area contributed by atoms with E-state index in [4.69, 9.17) is 21.1 Å². The second-order valence-electron chi connectivity index (χ2n) is 7.15. The fraction of sp³-hybridized carbons (Fsp3) is 0.120. The molecule has 0 amide bonds. The van der Waals surface area contributed by atoms with Crippen molar-refractivity contribution in [3.8, 4) is 17.2 Å². The van der Waals surface area contributed by atoms with Crippen LogP contribution in [0.2, 0.25) is 5.02 Å². The summed E-state index contributed by atoms with van der Waals surface area (Å²) in [6, 6.07) is 17.1. The van der Waals surface area contributed by atoms with Crippen LogP contribution in [-0.4, -0.2) is 17.1 Å². The molecule has 0 unspecified atom stereocenters. The molecule has 1 aromatic heterocycles. The first-order chi connectivity index (χ1) is 15.4. The Balaban J connectivity index is 1.81. The van der Waals surface area contributed by atoms with Crippen molar-refractivity contribution in [1.29, 1.82) is 0 Å². The Morgan fingerprint density at radius 1 is 1.03 bits per heavy atom. The van der Waals surface area contributed by atoms with E-state index in [-0.39, 0.29) is 22.6 Å². The zero-order chi connectivity index (χ0) is 22.8. The molecule has 4 rings (SSSR count). The van der Waals surface area contributed by atoms with E-state index in [9.17, 15) is 14.0 Å². The van der Waals surface area contributed by atoms with Gasteiger partial charge in [0.1, 0.15) is 22.9 Å². The van der Waals surface area contributed by atoms with Gasteiger partial charge in [0.15, 0.2) is 0 Å². The van der Waals surface area contributed by atoms with Crippen LogP contribution >= 0.6 is 11.6 Å². The van der Waals surface area contributed by atoms with Crippen molar-refractivity contribution < 1.29 is 18.7 Å². The van der Waals surface area contributed by atoms with Gasteiger partial charge in [0.2, 0.25) is 5.43 Å². The second kappa shape index (κ2) is 8.85. The van der Waals surface area contributed by atoms with Gasteiger partial charge in [-0.2, -0.15) is 0 Å². The highest BCUT2D eigenvalue weighted by Crippen LogP contribution is 2.27. The summed E-state index contributed by atoms with van der Waals surface area (Å²) in [5.41, 5.74) is 1.30. The van der Waals surface area contributed by atoms with E-state index in [1.807, 2.05) is 31.2 Å². The van der Waals surface area contributed by atoms with Crippen molar-refractivity contribution in [2.75, 3.05) is 6.61 Å². The van der Waals surface area contributed by atoms with Gasteiger partial charge < -0.3 is 14.0 Å². The van der Waals surface area contributed by atoms with E-state index in [0.29, 0.717) is 22.7 Å². The van der Waals surface area contributed by atoms with E-state index >= 15 is 0 Å². The predicted octanol–water partition coefficient (Wildman–Crippen LogP) is 6.06.